The quantitative estimate of drug-likeness (QED) is 0.519. The Balaban J connectivity index is 1.78. The Bertz CT molecular complexity index is 878. The molecule has 5 heteroatoms. The third-order valence-electron chi connectivity index (χ3n) is 3.64. The number of nitrogens with one attached hydrogen (secondary N) is 2. The largest absolute Gasteiger partial charge is 0.326 e. The minimum absolute atomic E-state index is 0.223. The predicted octanol–water partition coefficient (Wildman–Crippen LogP) is 4.74. The second kappa shape index (κ2) is 8.83. The zero-order chi connectivity index (χ0) is 18.2. The van der Waals surface area contributed by atoms with Gasteiger partial charge in [0.1, 0.15) is 0 Å². The van der Waals surface area contributed by atoms with Crippen LogP contribution in [0.15, 0.2) is 89.9 Å². The van der Waals surface area contributed by atoms with Gasteiger partial charge in [0.25, 0.3) is 5.91 Å². The van der Waals surface area contributed by atoms with Gasteiger partial charge in [-0.25, -0.2) is 4.99 Å². The lowest BCUT2D eigenvalue weighted by molar-refractivity contribution is 0.0977. The van der Waals surface area contributed by atoms with Crippen LogP contribution in [0.5, 0.6) is 0 Å². The van der Waals surface area contributed by atoms with Crippen molar-refractivity contribution < 1.29 is 4.79 Å². The summed E-state index contributed by atoms with van der Waals surface area (Å²) in [5, 5.41) is 6.62. The summed E-state index contributed by atoms with van der Waals surface area (Å²) in [5.41, 5.74) is 2.41. The number of carbonyl (C=O) groups is 1. The van der Waals surface area contributed by atoms with Gasteiger partial charge < -0.3 is 5.32 Å². The summed E-state index contributed by atoms with van der Waals surface area (Å²) in [6, 6.07) is 26.1. The summed E-state index contributed by atoms with van der Waals surface area (Å²) < 4.78 is 0. The van der Waals surface area contributed by atoms with Gasteiger partial charge >= 0.3 is 0 Å². The second-order valence-corrected chi connectivity index (χ2v) is 6.04. The molecule has 0 saturated heterocycles. The molecule has 4 nitrogen and oxygen atoms in total. The van der Waals surface area contributed by atoms with Gasteiger partial charge in [0.15, 0.2) is 0 Å². The minimum atomic E-state index is -0.223. The van der Waals surface area contributed by atoms with Crippen LogP contribution < -0.4 is 10.6 Å². The molecular weight excluding hydrogens is 346 g/mol. The highest BCUT2D eigenvalue weighted by atomic mass is 35.5. The molecule has 2 N–H and O–H groups in total. The molecule has 0 unspecified atom stereocenters. The molecule has 0 atom stereocenters. The molecule has 3 rings (SSSR count). The average molecular weight is 364 g/mol. The van der Waals surface area contributed by atoms with Crippen molar-refractivity contribution in [1.29, 1.82) is 0 Å². The SMILES string of the molecule is O=C(NC(=NCc1ccccc1)Nc1ccc(Cl)cc1)c1ccccc1. The Morgan fingerprint density at radius 1 is 0.846 bits per heavy atom. The van der Waals surface area contributed by atoms with Gasteiger partial charge in [0, 0.05) is 16.3 Å². The first-order valence-corrected chi connectivity index (χ1v) is 8.56. The zero-order valence-electron chi connectivity index (χ0n) is 14.0. The molecule has 0 aromatic heterocycles. The molecular formula is C21H18ClN3O. The number of amides is 1. The van der Waals surface area contributed by atoms with E-state index in [0.717, 1.165) is 11.3 Å². The summed E-state index contributed by atoms with van der Waals surface area (Å²) in [7, 11) is 0. The summed E-state index contributed by atoms with van der Waals surface area (Å²) >= 11 is 5.93. The summed E-state index contributed by atoms with van der Waals surface area (Å²) in [6.45, 7) is 0.450. The van der Waals surface area contributed by atoms with E-state index in [4.69, 9.17) is 11.6 Å². The van der Waals surface area contributed by atoms with Crippen molar-refractivity contribution in [1.82, 2.24) is 5.32 Å². The molecule has 0 radical (unpaired) electrons. The van der Waals surface area contributed by atoms with E-state index in [1.54, 1.807) is 24.3 Å². The first-order valence-electron chi connectivity index (χ1n) is 8.18. The van der Waals surface area contributed by atoms with E-state index >= 15 is 0 Å². The fourth-order valence-corrected chi connectivity index (χ4v) is 2.43. The molecule has 3 aromatic carbocycles. The first kappa shape index (κ1) is 17.7. The number of carbonyl (C=O) groups excluding carboxylic acids is 1. The van der Waals surface area contributed by atoms with Crippen molar-refractivity contribution in [2.45, 2.75) is 6.54 Å². The van der Waals surface area contributed by atoms with Crippen molar-refractivity contribution in [2.75, 3.05) is 5.32 Å². The van der Waals surface area contributed by atoms with Crippen LogP contribution >= 0.6 is 11.6 Å². The summed E-state index contributed by atoms with van der Waals surface area (Å²) in [5.74, 6) is 0.156. The average Bonchev–Trinajstić information content (AvgIpc) is 2.69. The highest BCUT2D eigenvalue weighted by Gasteiger charge is 2.09. The van der Waals surface area contributed by atoms with Crippen molar-refractivity contribution in [3.8, 4) is 0 Å². The molecule has 0 bridgehead atoms. The van der Waals surface area contributed by atoms with E-state index in [0.29, 0.717) is 23.1 Å². The number of hydrogen-bond acceptors (Lipinski definition) is 2. The monoisotopic (exact) mass is 363 g/mol. The van der Waals surface area contributed by atoms with Gasteiger partial charge in [0.2, 0.25) is 5.96 Å². The van der Waals surface area contributed by atoms with Crippen LogP contribution in [0.3, 0.4) is 0 Å². The van der Waals surface area contributed by atoms with Gasteiger partial charge in [-0.1, -0.05) is 60.1 Å². The molecule has 0 aliphatic carbocycles. The second-order valence-electron chi connectivity index (χ2n) is 5.60. The third-order valence-corrected chi connectivity index (χ3v) is 3.89. The van der Waals surface area contributed by atoms with Crippen molar-refractivity contribution in [3.63, 3.8) is 0 Å². The van der Waals surface area contributed by atoms with E-state index in [1.165, 1.54) is 0 Å². The lowest BCUT2D eigenvalue weighted by Crippen LogP contribution is -2.36. The number of aliphatic imine (C=N–C) groups is 1. The molecule has 0 fully saturated rings. The lowest BCUT2D eigenvalue weighted by Gasteiger charge is -2.12. The van der Waals surface area contributed by atoms with E-state index in [9.17, 15) is 4.79 Å². The van der Waals surface area contributed by atoms with Crippen LogP contribution in [-0.2, 0) is 6.54 Å². The molecule has 0 aliphatic heterocycles. The van der Waals surface area contributed by atoms with Gasteiger partial charge in [-0.05, 0) is 42.0 Å². The standard InChI is InChI=1S/C21H18ClN3O/c22-18-11-13-19(14-12-18)24-21(23-15-16-7-3-1-4-8-16)25-20(26)17-9-5-2-6-10-17/h1-14H,15H2,(H2,23,24,25,26). The lowest BCUT2D eigenvalue weighted by atomic mass is 10.2. The van der Waals surface area contributed by atoms with Crippen molar-refractivity contribution in [2.24, 2.45) is 4.99 Å². The van der Waals surface area contributed by atoms with Crippen LogP contribution in [0.1, 0.15) is 15.9 Å². The zero-order valence-corrected chi connectivity index (χ0v) is 14.8. The van der Waals surface area contributed by atoms with Crippen molar-refractivity contribution >= 4 is 29.2 Å². The maximum atomic E-state index is 12.5. The molecule has 3 aromatic rings. The fourth-order valence-electron chi connectivity index (χ4n) is 2.30. The van der Waals surface area contributed by atoms with E-state index in [1.807, 2.05) is 60.7 Å². The van der Waals surface area contributed by atoms with Crippen LogP contribution in [0, 0.1) is 0 Å². The maximum absolute atomic E-state index is 12.5. The third kappa shape index (κ3) is 5.19. The van der Waals surface area contributed by atoms with E-state index in [2.05, 4.69) is 15.6 Å². The number of guanidine groups is 1. The molecule has 130 valence electrons. The van der Waals surface area contributed by atoms with E-state index in [-0.39, 0.29) is 5.91 Å². The molecule has 1 amide bonds. The predicted molar refractivity (Wildman–Crippen MR) is 107 cm³/mol. The van der Waals surface area contributed by atoms with Gasteiger partial charge in [-0.15, -0.1) is 0 Å². The number of halogens is 1. The molecule has 0 spiro atoms. The Hall–Kier alpha value is -3.11. The molecule has 0 saturated carbocycles. The Kier molecular flexibility index (Phi) is 6.01. The van der Waals surface area contributed by atoms with Crippen molar-refractivity contribution in [3.05, 3.63) is 101 Å². The van der Waals surface area contributed by atoms with Gasteiger partial charge in [-0.3, -0.25) is 10.1 Å². The number of benzene rings is 3. The first-order chi connectivity index (χ1) is 12.7. The maximum Gasteiger partial charge on any atom is 0.257 e. The Morgan fingerprint density at radius 2 is 1.46 bits per heavy atom. The number of hydrogen-bond donors (Lipinski definition) is 2. The highest BCUT2D eigenvalue weighted by Crippen LogP contribution is 2.13. The number of nitrogens with zero attached hydrogens (tertiary/aromatic N) is 1. The van der Waals surface area contributed by atoms with Gasteiger partial charge in [-0.2, -0.15) is 0 Å². The highest BCUT2D eigenvalue weighted by molar-refractivity contribution is 6.30. The Morgan fingerprint density at radius 3 is 2.12 bits per heavy atom. The molecule has 0 aliphatic rings. The van der Waals surface area contributed by atoms with E-state index < -0.39 is 0 Å². The normalized spacial score (nSPS) is 11.0. The molecule has 26 heavy (non-hydrogen) atoms. The topological polar surface area (TPSA) is 53.5 Å². The molecule has 0 heterocycles. The van der Waals surface area contributed by atoms with Crippen LogP contribution in [0.2, 0.25) is 5.02 Å². The smallest absolute Gasteiger partial charge is 0.257 e. The van der Waals surface area contributed by atoms with Crippen LogP contribution in [0.4, 0.5) is 5.69 Å². The summed E-state index contributed by atoms with van der Waals surface area (Å²) in [6.07, 6.45) is 0. The number of anilines is 1. The summed E-state index contributed by atoms with van der Waals surface area (Å²) in [4.78, 5) is 17.0. The van der Waals surface area contributed by atoms with Crippen LogP contribution in [-0.4, -0.2) is 11.9 Å². The van der Waals surface area contributed by atoms with Crippen LogP contribution in [0.25, 0.3) is 0 Å². The fraction of sp³-hybridized carbons (Fsp3) is 0.0476. The number of rotatable bonds is 4. The minimum Gasteiger partial charge on any atom is -0.326 e. The van der Waals surface area contributed by atoms with Gasteiger partial charge in [0.05, 0.1) is 6.54 Å². The Labute approximate surface area is 157 Å².